The van der Waals surface area contributed by atoms with Gasteiger partial charge in [-0.25, -0.2) is 19.8 Å². The Hall–Kier alpha value is -6.23. The second-order valence-corrected chi connectivity index (χ2v) is 18.0. The number of halogens is 1. The van der Waals surface area contributed by atoms with Crippen LogP contribution in [0.25, 0.3) is 32.8 Å². The lowest BCUT2D eigenvalue weighted by atomic mass is 9.76. The van der Waals surface area contributed by atoms with Gasteiger partial charge in [0.1, 0.15) is 22.6 Å². The number of aryl methyl sites for hydroxylation is 1. The number of carbonyl (C=O) groups is 2. The van der Waals surface area contributed by atoms with Crippen LogP contribution in [0.4, 0.5) is 21.0 Å². The van der Waals surface area contributed by atoms with Crippen LogP contribution in [-0.4, -0.2) is 69.2 Å². The van der Waals surface area contributed by atoms with E-state index in [-0.39, 0.29) is 29.7 Å². The summed E-state index contributed by atoms with van der Waals surface area (Å²) < 4.78 is 28.2. The SMILES string of the molecule is C.COc1cc(NC(=O)OC(C)(C)C)ccc1-c1n[nH]c(=O)c2ccccc12.Cc1cc(NC(=O)OC(C)(C)C)ccc1B1OC(C)(C)C(C)(C)O1.O=c1[nH]nc(Cl)c2ccccc12. The van der Waals surface area contributed by atoms with E-state index in [2.05, 4.69) is 31.0 Å². The van der Waals surface area contributed by atoms with Gasteiger partial charge in [0.25, 0.3) is 11.1 Å². The molecule has 0 unspecified atom stereocenters. The summed E-state index contributed by atoms with van der Waals surface area (Å²) in [7, 11) is 1.12. The summed E-state index contributed by atoms with van der Waals surface area (Å²) in [6, 6.07) is 25.1. The van der Waals surface area contributed by atoms with Crippen LogP contribution in [0.15, 0.2) is 94.5 Å². The number of hydrogen-bond donors (Lipinski definition) is 4. The zero-order chi connectivity index (χ0) is 46.5. The summed E-state index contributed by atoms with van der Waals surface area (Å²) in [6.07, 6.45) is -1.02. The van der Waals surface area contributed by atoms with E-state index < -0.39 is 30.5 Å². The van der Waals surface area contributed by atoms with Crippen molar-refractivity contribution in [1.29, 1.82) is 0 Å². The lowest BCUT2D eigenvalue weighted by Gasteiger charge is -2.32. The van der Waals surface area contributed by atoms with Gasteiger partial charge in [0.15, 0.2) is 5.15 Å². The van der Waals surface area contributed by atoms with E-state index in [1.54, 1.807) is 69.3 Å². The molecule has 340 valence electrons. The number of benzene rings is 4. The number of carbonyl (C=O) groups excluding carboxylic acids is 2. The summed E-state index contributed by atoms with van der Waals surface area (Å²) in [6.45, 7) is 21.0. The van der Waals surface area contributed by atoms with Crippen molar-refractivity contribution in [3.8, 4) is 17.0 Å². The van der Waals surface area contributed by atoms with Crippen molar-refractivity contribution in [3.63, 3.8) is 0 Å². The second kappa shape index (κ2) is 20.1. The number of H-pyrrole nitrogens is 2. The Kier molecular flexibility index (Phi) is 15.8. The van der Waals surface area contributed by atoms with Crippen LogP contribution in [0.1, 0.15) is 82.2 Å². The lowest BCUT2D eigenvalue weighted by molar-refractivity contribution is 0.00578. The van der Waals surface area contributed by atoms with Crippen molar-refractivity contribution in [2.45, 2.75) is 106 Å². The van der Waals surface area contributed by atoms with Crippen molar-refractivity contribution >= 4 is 69.3 Å². The van der Waals surface area contributed by atoms with E-state index in [1.807, 2.05) is 91.8 Å². The first kappa shape index (κ1) is 50.4. The van der Waals surface area contributed by atoms with Crippen molar-refractivity contribution < 1.29 is 33.1 Å². The van der Waals surface area contributed by atoms with E-state index in [0.29, 0.717) is 55.1 Å². The maximum Gasteiger partial charge on any atom is 0.495 e. The summed E-state index contributed by atoms with van der Waals surface area (Å²) in [4.78, 5) is 47.0. The molecule has 64 heavy (non-hydrogen) atoms. The van der Waals surface area contributed by atoms with E-state index in [0.717, 1.165) is 11.0 Å². The van der Waals surface area contributed by atoms with E-state index >= 15 is 0 Å². The number of methoxy groups -OCH3 is 1. The van der Waals surface area contributed by atoms with E-state index in [9.17, 15) is 19.2 Å². The van der Waals surface area contributed by atoms with Crippen LogP contribution in [0.5, 0.6) is 5.75 Å². The van der Waals surface area contributed by atoms with E-state index in [1.165, 1.54) is 7.11 Å². The Morgan fingerprint density at radius 1 is 0.688 bits per heavy atom. The molecule has 0 atom stereocenters. The molecule has 1 saturated heterocycles. The summed E-state index contributed by atoms with van der Waals surface area (Å²) >= 11 is 5.75. The van der Waals surface area contributed by atoms with Crippen molar-refractivity contribution in [1.82, 2.24) is 20.4 Å². The molecule has 1 aliphatic heterocycles. The molecule has 0 aliphatic carbocycles. The second-order valence-electron chi connectivity index (χ2n) is 17.7. The fraction of sp³-hybridized carbons (Fsp3) is 0.362. The van der Waals surface area contributed by atoms with Gasteiger partial charge < -0.3 is 23.5 Å². The molecule has 1 fully saturated rings. The first-order valence-corrected chi connectivity index (χ1v) is 20.5. The third-order valence-electron chi connectivity index (χ3n) is 9.87. The number of nitrogens with zero attached hydrogens (tertiary/aromatic N) is 2. The van der Waals surface area contributed by atoms with Gasteiger partial charge in [-0.3, -0.25) is 20.2 Å². The molecule has 2 aromatic heterocycles. The van der Waals surface area contributed by atoms with Crippen molar-refractivity contribution in [2.24, 2.45) is 0 Å². The summed E-state index contributed by atoms with van der Waals surface area (Å²) in [5, 5.41) is 20.9. The molecule has 15 nitrogen and oxygen atoms in total. The number of hydrogen-bond acceptors (Lipinski definition) is 11. The Bertz CT molecular complexity index is 2730. The van der Waals surface area contributed by atoms with Gasteiger partial charge in [-0.1, -0.05) is 61.5 Å². The Morgan fingerprint density at radius 3 is 1.62 bits per heavy atom. The third kappa shape index (κ3) is 12.7. The highest BCUT2D eigenvalue weighted by molar-refractivity contribution is 6.62. The molecule has 2 amide bonds. The molecule has 0 saturated carbocycles. The number of rotatable bonds is 5. The van der Waals surface area contributed by atoms with Crippen LogP contribution in [0.2, 0.25) is 5.15 Å². The highest BCUT2D eigenvalue weighted by Gasteiger charge is 2.52. The first-order valence-electron chi connectivity index (χ1n) is 20.1. The van der Waals surface area contributed by atoms with Crippen LogP contribution in [0, 0.1) is 6.92 Å². The largest absolute Gasteiger partial charge is 0.496 e. The lowest BCUT2D eigenvalue weighted by Crippen LogP contribution is -2.41. The first-order chi connectivity index (χ1) is 29.4. The van der Waals surface area contributed by atoms with Crippen LogP contribution < -0.4 is 32.0 Å². The fourth-order valence-electron chi connectivity index (χ4n) is 6.20. The Balaban J connectivity index is 0.000000222. The third-order valence-corrected chi connectivity index (χ3v) is 10.2. The summed E-state index contributed by atoms with van der Waals surface area (Å²) in [5.41, 5.74) is 2.10. The van der Waals surface area contributed by atoms with Crippen LogP contribution in [-0.2, 0) is 18.8 Å². The van der Waals surface area contributed by atoms with Gasteiger partial charge in [-0.2, -0.15) is 10.2 Å². The average Bonchev–Trinajstić information content (AvgIpc) is 3.41. The quantitative estimate of drug-likeness (QED) is 0.120. The van der Waals surface area contributed by atoms with Gasteiger partial charge >= 0.3 is 19.3 Å². The molecule has 4 N–H and O–H groups in total. The summed E-state index contributed by atoms with van der Waals surface area (Å²) in [5.74, 6) is 0.508. The molecule has 1 aliphatic rings. The van der Waals surface area contributed by atoms with Crippen molar-refractivity contribution in [3.05, 3.63) is 116 Å². The van der Waals surface area contributed by atoms with Gasteiger partial charge in [-0.15, -0.1) is 0 Å². The number of nitrogens with one attached hydrogen (secondary N) is 4. The monoisotopic (exact) mass is 896 g/mol. The molecule has 0 radical (unpaired) electrons. The average molecular weight is 897 g/mol. The minimum atomic E-state index is -0.590. The Morgan fingerprint density at radius 2 is 1.14 bits per heavy atom. The van der Waals surface area contributed by atoms with Gasteiger partial charge in [0.05, 0.1) is 29.1 Å². The maximum absolute atomic E-state index is 12.0. The number of amides is 2. The minimum absolute atomic E-state index is 0. The maximum atomic E-state index is 12.0. The van der Waals surface area contributed by atoms with Crippen molar-refractivity contribution in [2.75, 3.05) is 17.7 Å². The predicted molar refractivity (Wildman–Crippen MR) is 255 cm³/mol. The fourth-order valence-corrected chi connectivity index (χ4v) is 6.40. The number of anilines is 2. The number of aromatic nitrogens is 4. The number of ether oxygens (including phenoxy) is 3. The smallest absolute Gasteiger partial charge is 0.495 e. The molecule has 0 bridgehead atoms. The van der Waals surface area contributed by atoms with Gasteiger partial charge in [0.2, 0.25) is 0 Å². The van der Waals surface area contributed by atoms with Crippen LogP contribution >= 0.6 is 11.6 Å². The molecule has 0 spiro atoms. The molecular formula is C47H58BClN6O9. The molecule has 6 aromatic rings. The molecule has 17 heteroatoms. The molecular weight excluding hydrogens is 839 g/mol. The minimum Gasteiger partial charge on any atom is -0.496 e. The normalized spacial score (nSPS) is 13.9. The topological polar surface area (TPSA) is 196 Å². The van der Waals surface area contributed by atoms with Gasteiger partial charge in [0, 0.05) is 33.8 Å². The predicted octanol–water partition coefficient (Wildman–Crippen LogP) is 9.80. The van der Waals surface area contributed by atoms with E-state index in [4.69, 9.17) is 35.1 Å². The number of fused-ring (bicyclic) bond motifs is 2. The highest BCUT2D eigenvalue weighted by Crippen LogP contribution is 2.37. The highest BCUT2D eigenvalue weighted by atomic mass is 35.5. The molecule has 4 aromatic carbocycles. The standard InChI is InChI=1S/C20H21N3O4.C18H28BNO4.C8H5ClN2O.CH4/c1-20(2,3)27-19(25)21-12-9-10-15(16(11-12)26-4)17-13-7-5-6-8-14(13)18(24)23-22-17;1-12-11-13(20-15(21)22-16(2,3)4)9-10-14(12)19-23-17(5,6)18(7,8)24-19;9-7-5-3-1-2-4-6(5)8(12)11-10-7;/h5-11H,1-4H3,(H,21,25)(H,23,24);9-11H,1-8H3,(H,20,21);1-4H,(H,11,12);1H4. The zero-order valence-electron chi connectivity index (χ0n) is 37.6. The molecule has 7 rings (SSSR count). The van der Waals surface area contributed by atoms with Crippen LogP contribution in [0.3, 0.4) is 0 Å². The number of aromatic amines is 2. The van der Waals surface area contributed by atoms with Gasteiger partial charge in [-0.05, 0) is 124 Å². The Labute approximate surface area is 378 Å². The molecule has 3 heterocycles. The zero-order valence-corrected chi connectivity index (χ0v) is 38.4.